The lowest BCUT2D eigenvalue weighted by molar-refractivity contribution is 0.630. The number of halogens is 1. The van der Waals surface area contributed by atoms with Gasteiger partial charge in [-0.05, 0) is 46.8 Å². The topological polar surface area (TPSA) is 24.9 Å². The first-order valence-electron chi connectivity index (χ1n) is 4.89. The summed E-state index contributed by atoms with van der Waals surface area (Å²) in [5, 5.41) is 3.44. The molecule has 14 heavy (non-hydrogen) atoms. The van der Waals surface area contributed by atoms with E-state index in [1.807, 2.05) is 19.1 Å². The van der Waals surface area contributed by atoms with Gasteiger partial charge in [-0.3, -0.25) is 0 Å². The fraction of sp³-hybridized carbons (Fsp3) is 0.545. The number of nitrogens with one attached hydrogen (secondary N) is 1. The summed E-state index contributed by atoms with van der Waals surface area (Å²) in [6, 6.07) is 4.65. The van der Waals surface area contributed by atoms with Gasteiger partial charge in [0.05, 0.1) is 5.69 Å². The van der Waals surface area contributed by atoms with Crippen molar-refractivity contribution >= 4 is 21.7 Å². The highest BCUT2D eigenvalue weighted by atomic mass is 79.9. The van der Waals surface area contributed by atoms with Crippen LogP contribution in [0.1, 0.15) is 26.0 Å². The molecule has 1 aliphatic rings. The summed E-state index contributed by atoms with van der Waals surface area (Å²) in [4.78, 5) is 4.46. The molecule has 76 valence electrons. The zero-order valence-electron chi connectivity index (χ0n) is 8.76. The number of anilines is 1. The summed E-state index contributed by atoms with van der Waals surface area (Å²) in [6.45, 7) is 6.56. The Morgan fingerprint density at radius 1 is 1.50 bits per heavy atom. The highest BCUT2D eigenvalue weighted by molar-refractivity contribution is 9.10. The average molecular weight is 255 g/mol. The first kappa shape index (κ1) is 9.97. The molecule has 0 amide bonds. The number of pyridine rings is 1. The predicted octanol–water partition coefficient (Wildman–Crippen LogP) is 3.36. The van der Waals surface area contributed by atoms with Crippen LogP contribution in [0.3, 0.4) is 0 Å². The highest BCUT2D eigenvalue weighted by Crippen LogP contribution is 2.46. The lowest BCUT2D eigenvalue weighted by atomic mass is 10.2. The van der Waals surface area contributed by atoms with Gasteiger partial charge in [-0.1, -0.05) is 13.8 Å². The molecule has 1 heterocycles. The van der Waals surface area contributed by atoms with E-state index in [4.69, 9.17) is 0 Å². The zero-order valence-corrected chi connectivity index (χ0v) is 10.4. The number of hydrogen-bond donors (Lipinski definition) is 1. The first-order valence-corrected chi connectivity index (χ1v) is 5.68. The van der Waals surface area contributed by atoms with Crippen LogP contribution in [0.5, 0.6) is 0 Å². The van der Waals surface area contributed by atoms with Crippen molar-refractivity contribution in [1.82, 2.24) is 4.98 Å². The maximum atomic E-state index is 4.46. The summed E-state index contributed by atoms with van der Waals surface area (Å²) in [7, 11) is 0. The van der Waals surface area contributed by atoms with Crippen LogP contribution in [0.4, 0.5) is 5.82 Å². The van der Waals surface area contributed by atoms with Crippen LogP contribution in [-0.2, 0) is 0 Å². The molecule has 1 saturated carbocycles. The van der Waals surface area contributed by atoms with Crippen LogP contribution < -0.4 is 5.32 Å². The third kappa shape index (κ3) is 1.92. The van der Waals surface area contributed by atoms with E-state index in [0.717, 1.165) is 16.0 Å². The monoisotopic (exact) mass is 254 g/mol. The van der Waals surface area contributed by atoms with E-state index in [1.165, 1.54) is 6.42 Å². The van der Waals surface area contributed by atoms with Gasteiger partial charge in [0.2, 0.25) is 0 Å². The predicted molar refractivity (Wildman–Crippen MR) is 62.5 cm³/mol. The Morgan fingerprint density at radius 2 is 2.14 bits per heavy atom. The Morgan fingerprint density at radius 3 is 2.64 bits per heavy atom. The molecule has 1 fully saturated rings. The molecule has 1 aromatic heterocycles. The molecule has 1 aliphatic carbocycles. The van der Waals surface area contributed by atoms with Crippen molar-refractivity contribution in [2.45, 2.75) is 33.2 Å². The summed E-state index contributed by atoms with van der Waals surface area (Å²) in [5.74, 6) is 0.987. The quantitative estimate of drug-likeness (QED) is 0.876. The Bertz CT molecular complexity index is 360. The fourth-order valence-electron chi connectivity index (χ4n) is 1.52. The van der Waals surface area contributed by atoms with Crippen molar-refractivity contribution in [3.8, 4) is 0 Å². The Labute approximate surface area is 93.3 Å². The molecule has 1 atom stereocenters. The number of nitrogens with zero attached hydrogens (tertiary/aromatic N) is 1. The first-order chi connectivity index (χ1) is 6.49. The Hall–Kier alpha value is -0.570. The third-order valence-electron chi connectivity index (χ3n) is 2.86. The summed E-state index contributed by atoms with van der Waals surface area (Å²) in [5.41, 5.74) is 1.48. The van der Waals surface area contributed by atoms with Crippen molar-refractivity contribution < 1.29 is 0 Å². The van der Waals surface area contributed by atoms with E-state index in [0.29, 0.717) is 11.5 Å². The molecule has 0 aliphatic heterocycles. The van der Waals surface area contributed by atoms with Crippen LogP contribution in [-0.4, -0.2) is 11.0 Å². The number of hydrogen-bond acceptors (Lipinski definition) is 2. The average Bonchev–Trinajstić information content (AvgIpc) is 2.67. The second kappa shape index (κ2) is 3.23. The summed E-state index contributed by atoms with van der Waals surface area (Å²) in [6.07, 6.45) is 1.24. The molecule has 2 rings (SSSR count). The Balaban J connectivity index is 2.08. The van der Waals surface area contributed by atoms with Crippen LogP contribution in [0.25, 0.3) is 0 Å². The van der Waals surface area contributed by atoms with Gasteiger partial charge in [0.25, 0.3) is 0 Å². The normalized spacial score (nSPS) is 23.3. The lowest BCUT2D eigenvalue weighted by Gasteiger charge is -2.08. The summed E-state index contributed by atoms with van der Waals surface area (Å²) >= 11 is 3.44. The van der Waals surface area contributed by atoms with Gasteiger partial charge >= 0.3 is 0 Å². The largest absolute Gasteiger partial charge is 0.367 e. The fourth-order valence-corrected chi connectivity index (χ4v) is 1.74. The minimum atomic E-state index is 0.447. The zero-order chi connectivity index (χ0) is 10.3. The van der Waals surface area contributed by atoms with Gasteiger partial charge in [0, 0.05) is 10.5 Å². The van der Waals surface area contributed by atoms with Gasteiger partial charge < -0.3 is 5.32 Å². The molecule has 1 N–H and O–H groups in total. The smallest absolute Gasteiger partial charge is 0.126 e. The highest BCUT2D eigenvalue weighted by Gasteiger charge is 2.45. The van der Waals surface area contributed by atoms with Crippen LogP contribution >= 0.6 is 15.9 Å². The molecule has 0 saturated heterocycles. The van der Waals surface area contributed by atoms with Crippen molar-refractivity contribution in [2.24, 2.45) is 5.41 Å². The SMILES string of the molecule is Cc1nc(NC2CC2(C)C)ccc1Br. The van der Waals surface area contributed by atoms with Gasteiger partial charge in [0.1, 0.15) is 5.82 Å². The minimum Gasteiger partial charge on any atom is -0.367 e. The van der Waals surface area contributed by atoms with E-state index < -0.39 is 0 Å². The van der Waals surface area contributed by atoms with Crippen LogP contribution in [0, 0.1) is 12.3 Å². The molecule has 0 radical (unpaired) electrons. The standard InChI is InChI=1S/C11H15BrN2/c1-7-8(12)4-5-10(13-7)14-9-6-11(9,2)3/h4-5,9H,6H2,1-3H3,(H,13,14). The molecule has 0 bridgehead atoms. The van der Waals surface area contributed by atoms with E-state index >= 15 is 0 Å². The molecule has 1 aromatic rings. The van der Waals surface area contributed by atoms with Gasteiger partial charge in [-0.2, -0.15) is 0 Å². The van der Waals surface area contributed by atoms with Crippen LogP contribution in [0.2, 0.25) is 0 Å². The Kier molecular flexibility index (Phi) is 2.30. The number of rotatable bonds is 2. The minimum absolute atomic E-state index is 0.447. The second-order valence-corrected chi connectivity index (χ2v) is 5.51. The van der Waals surface area contributed by atoms with Crippen molar-refractivity contribution in [3.05, 3.63) is 22.3 Å². The molecule has 0 aromatic carbocycles. The van der Waals surface area contributed by atoms with E-state index in [-0.39, 0.29) is 0 Å². The van der Waals surface area contributed by atoms with Crippen molar-refractivity contribution in [1.29, 1.82) is 0 Å². The number of aryl methyl sites for hydroxylation is 1. The molecular formula is C11H15BrN2. The third-order valence-corrected chi connectivity index (χ3v) is 3.70. The molecule has 2 nitrogen and oxygen atoms in total. The van der Waals surface area contributed by atoms with E-state index in [2.05, 4.69) is 40.1 Å². The van der Waals surface area contributed by atoms with Crippen molar-refractivity contribution in [2.75, 3.05) is 5.32 Å². The summed E-state index contributed by atoms with van der Waals surface area (Å²) < 4.78 is 1.07. The van der Waals surface area contributed by atoms with Gasteiger partial charge in [-0.15, -0.1) is 0 Å². The van der Waals surface area contributed by atoms with Crippen LogP contribution in [0.15, 0.2) is 16.6 Å². The van der Waals surface area contributed by atoms with E-state index in [1.54, 1.807) is 0 Å². The lowest BCUT2D eigenvalue weighted by Crippen LogP contribution is -2.09. The van der Waals surface area contributed by atoms with Crippen molar-refractivity contribution in [3.63, 3.8) is 0 Å². The maximum absolute atomic E-state index is 4.46. The molecule has 1 unspecified atom stereocenters. The van der Waals surface area contributed by atoms with Gasteiger partial charge in [-0.25, -0.2) is 4.98 Å². The number of aromatic nitrogens is 1. The molecule has 0 spiro atoms. The second-order valence-electron chi connectivity index (χ2n) is 4.65. The molecular weight excluding hydrogens is 240 g/mol. The van der Waals surface area contributed by atoms with Gasteiger partial charge in [0.15, 0.2) is 0 Å². The molecule has 3 heteroatoms. The van der Waals surface area contributed by atoms with E-state index in [9.17, 15) is 0 Å². The maximum Gasteiger partial charge on any atom is 0.126 e.